The van der Waals surface area contributed by atoms with Crippen LogP contribution >= 0.6 is 0 Å². The first-order chi connectivity index (χ1) is 8.60. The number of carboxylic acid groups (broad SMARTS) is 1. The molecule has 0 saturated carbocycles. The summed E-state index contributed by atoms with van der Waals surface area (Å²) < 4.78 is 48.5. The summed E-state index contributed by atoms with van der Waals surface area (Å²) in [5.41, 5.74) is 0. The van der Waals surface area contributed by atoms with Crippen LogP contribution < -0.4 is 0 Å². The minimum absolute atomic E-state index is 0.0843. The maximum absolute atomic E-state index is 12.3. The number of carboxylic acids is 1. The normalized spacial score (nSPS) is 24.5. The molecule has 0 amide bonds. The number of nitrogens with zero attached hydrogens (tertiary/aromatic N) is 1. The lowest BCUT2D eigenvalue weighted by atomic mass is 10.2. The van der Waals surface area contributed by atoms with Crippen molar-refractivity contribution in [2.24, 2.45) is 0 Å². The molecule has 1 aliphatic heterocycles. The topological polar surface area (TPSA) is 109 Å². The summed E-state index contributed by atoms with van der Waals surface area (Å²) in [4.78, 5) is 10.7. The summed E-state index contributed by atoms with van der Waals surface area (Å²) in [5, 5.41) is 7.77. The van der Waals surface area contributed by atoms with Gasteiger partial charge in [0.2, 0.25) is 10.0 Å². The third kappa shape index (κ3) is 3.90. The largest absolute Gasteiger partial charge is 0.481 e. The van der Waals surface area contributed by atoms with E-state index >= 15 is 0 Å². The van der Waals surface area contributed by atoms with E-state index in [-0.39, 0.29) is 30.9 Å². The van der Waals surface area contributed by atoms with Crippen LogP contribution in [-0.4, -0.2) is 61.6 Å². The fraction of sp³-hybridized carbons (Fsp3) is 0.900. The zero-order valence-corrected chi connectivity index (χ0v) is 12.6. The highest BCUT2D eigenvalue weighted by Crippen LogP contribution is 2.24. The Morgan fingerprint density at radius 2 is 2.05 bits per heavy atom. The average Bonchev–Trinajstić information content (AvgIpc) is 2.58. The van der Waals surface area contributed by atoms with E-state index in [1.807, 2.05) is 0 Å². The lowest BCUT2D eigenvalue weighted by Crippen LogP contribution is -2.45. The Morgan fingerprint density at radius 3 is 2.42 bits per heavy atom. The molecule has 0 aromatic heterocycles. The Balaban J connectivity index is 2.94. The highest BCUT2D eigenvalue weighted by atomic mass is 32.2. The monoisotopic (exact) mass is 313 g/mol. The maximum Gasteiger partial charge on any atom is 0.304 e. The van der Waals surface area contributed by atoms with Gasteiger partial charge in [0.1, 0.15) is 0 Å². The number of carbonyl (C=O) groups is 1. The van der Waals surface area contributed by atoms with Crippen molar-refractivity contribution in [3.05, 3.63) is 0 Å². The summed E-state index contributed by atoms with van der Waals surface area (Å²) in [6.45, 7) is 3.26. The second-order valence-corrected chi connectivity index (χ2v) is 9.11. The van der Waals surface area contributed by atoms with Gasteiger partial charge in [0.15, 0.2) is 9.84 Å². The van der Waals surface area contributed by atoms with Crippen LogP contribution in [0.25, 0.3) is 0 Å². The molecule has 7 nitrogen and oxygen atoms in total. The van der Waals surface area contributed by atoms with Crippen LogP contribution in [-0.2, 0) is 24.7 Å². The number of hydrogen-bond donors (Lipinski definition) is 1. The Labute approximate surface area is 113 Å². The third-order valence-corrected chi connectivity index (χ3v) is 7.71. The summed E-state index contributed by atoms with van der Waals surface area (Å²) in [7, 11) is -7.07. The predicted molar refractivity (Wildman–Crippen MR) is 70.1 cm³/mol. The van der Waals surface area contributed by atoms with Gasteiger partial charge in [-0.1, -0.05) is 6.92 Å². The van der Waals surface area contributed by atoms with E-state index in [9.17, 15) is 21.6 Å². The highest BCUT2D eigenvalue weighted by molar-refractivity contribution is 7.95. The average molecular weight is 313 g/mol. The van der Waals surface area contributed by atoms with E-state index in [0.29, 0.717) is 0 Å². The number of sulfone groups is 1. The number of hydrogen-bond acceptors (Lipinski definition) is 5. The fourth-order valence-electron chi connectivity index (χ4n) is 2.28. The molecule has 0 aromatic rings. The van der Waals surface area contributed by atoms with Gasteiger partial charge >= 0.3 is 5.97 Å². The Morgan fingerprint density at radius 1 is 1.47 bits per heavy atom. The Hall–Kier alpha value is -0.670. The van der Waals surface area contributed by atoms with E-state index in [1.54, 1.807) is 6.92 Å². The quantitative estimate of drug-likeness (QED) is 0.720. The van der Waals surface area contributed by atoms with Gasteiger partial charge in [-0.2, -0.15) is 4.31 Å². The van der Waals surface area contributed by atoms with Gasteiger partial charge in [0, 0.05) is 12.6 Å². The first kappa shape index (κ1) is 16.4. The molecule has 112 valence electrons. The van der Waals surface area contributed by atoms with Crippen molar-refractivity contribution < 1.29 is 26.7 Å². The molecule has 19 heavy (non-hydrogen) atoms. The lowest BCUT2D eigenvalue weighted by molar-refractivity contribution is -0.137. The third-order valence-electron chi connectivity index (χ3n) is 3.21. The first-order valence-corrected chi connectivity index (χ1v) is 9.35. The predicted octanol–water partition coefficient (Wildman–Crippen LogP) is -0.312. The molecule has 1 aliphatic rings. The lowest BCUT2D eigenvalue weighted by Gasteiger charge is -2.28. The highest BCUT2D eigenvalue weighted by Gasteiger charge is 2.41. The van der Waals surface area contributed by atoms with Crippen molar-refractivity contribution in [3.63, 3.8) is 0 Å². The van der Waals surface area contributed by atoms with Crippen molar-refractivity contribution in [2.45, 2.75) is 38.0 Å². The second-order valence-electron chi connectivity index (χ2n) is 4.72. The van der Waals surface area contributed by atoms with Crippen molar-refractivity contribution >= 4 is 25.8 Å². The Bertz CT molecular complexity index is 538. The van der Waals surface area contributed by atoms with Crippen LogP contribution in [0.15, 0.2) is 0 Å². The van der Waals surface area contributed by atoms with Crippen LogP contribution in [0, 0.1) is 0 Å². The molecule has 1 rings (SSSR count). The molecular formula is C10H19NO6S2. The van der Waals surface area contributed by atoms with Gasteiger partial charge in [-0.3, -0.25) is 4.79 Å². The molecule has 2 atom stereocenters. The molecule has 0 aromatic carbocycles. The second kappa shape index (κ2) is 5.76. The molecule has 1 fully saturated rings. The standard InChI is InChI=1S/C10H19NO6S2/c1-3-11(8(2)6-10(12)13)19(16,17)9-4-5-18(14,15)7-9/h8-9H,3-7H2,1-2H3,(H,12,13). The van der Waals surface area contributed by atoms with E-state index in [0.717, 1.165) is 4.31 Å². The fourth-order valence-corrected chi connectivity index (χ4v) is 7.02. The zero-order valence-electron chi connectivity index (χ0n) is 10.9. The van der Waals surface area contributed by atoms with Gasteiger partial charge < -0.3 is 5.11 Å². The smallest absolute Gasteiger partial charge is 0.304 e. The Kier molecular flexibility index (Phi) is 4.97. The van der Waals surface area contributed by atoms with Gasteiger partial charge in [0.25, 0.3) is 0 Å². The number of sulfonamides is 1. The summed E-state index contributed by atoms with van der Waals surface area (Å²) in [6.07, 6.45) is -0.215. The minimum atomic E-state index is -3.78. The van der Waals surface area contributed by atoms with Crippen molar-refractivity contribution in [3.8, 4) is 0 Å². The molecule has 1 N–H and O–H groups in total. The van der Waals surface area contributed by atoms with Crippen LogP contribution in [0.3, 0.4) is 0 Å². The maximum atomic E-state index is 12.3. The summed E-state index contributed by atoms with van der Waals surface area (Å²) in [5.74, 6) is -1.58. The molecular weight excluding hydrogens is 294 g/mol. The van der Waals surface area contributed by atoms with Gasteiger partial charge in [0.05, 0.1) is 23.2 Å². The molecule has 0 radical (unpaired) electrons. The van der Waals surface area contributed by atoms with Crippen LogP contribution in [0.4, 0.5) is 0 Å². The van der Waals surface area contributed by atoms with Crippen molar-refractivity contribution in [2.75, 3.05) is 18.1 Å². The molecule has 0 spiro atoms. The van der Waals surface area contributed by atoms with Crippen LogP contribution in [0.5, 0.6) is 0 Å². The SMILES string of the molecule is CCN(C(C)CC(=O)O)S(=O)(=O)C1CCS(=O)(=O)C1. The number of aliphatic carboxylic acids is 1. The summed E-state index contributed by atoms with van der Waals surface area (Å²) >= 11 is 0. The first-order valence-electron chi connectivity index (χ1n) is 6.03. The van der Waals surface area contributed by atoms with Crippen molar-refractivity contribution in [1.29, 1.82) is 0 Å². The molecule has 1 saturated heterocycles. The van der Waals surface area contributed by atoms with Gasteiger partial charge in [-0.15, -0.1) is 0 Å². The minimum Gasteiger partial charge on any atom is -0.481 e. The van der Waals surface area contributed by atoms with E-state index in [2.05, 4.69) is 0 Å². The van der Waals surface area contributed by atoms with E-state index in [4.69, 9.17) is 5.11 Å². The van der Waals surface area contributed by atoms with E-state index in [1.165, 1.54) is 6.92 Å². The summed E-state index contributed by atoms with van der Waals surface area (Å²) in [6, 6.07) is -0.684. The zero-order chi connectivity index (χ0) is 14.8. The molecule has 0 bridgehead atoms. The van der Waals surface area contributed by atoms with E-state index < -0.39 is 37.1 Å². The molecule has 2 unspecified atom stereocenters. The van der Waals surface area contributed by atoms with Crippen molar-refractivity contribution in [1.82, 2.24) is 4.31 Å². The molecule has 1 heterocycles. The van der Waals surface area contributed by atoms with Crippen LogP contribution in [0.2, 0.25) is 0 Å². The number of rotatable bonds is 6. The van der Waals surface area contributed by atoms with Gasteiger partial charge in [-0.05, 0) is 13.3 Å². The van der Waals surface area contributed by atoms with Crippen LogP contribution in [0.1, 0.15) is 26.7 Å². The van der Waals surface area contributed by atoms with Gasteiger partial charge in [-0.25, -0.2) is 16.8 Å². The molecule has 0 aliphatic carbocycles. The molecule has 9 heteroatoms.